The number of hydroxylamine groups is 2. The van der Waals surface area contributed by atoms with Crippen LogP contribution in [0.4, 0.5) is 0 Å². The van der Waals surface area contributed by atoms with E-state index in [0.29, 0.717) is 35.6 Å². The highest BCUT2D eigenvalue weighted by molar-refractivity contribution is 5.82. The summed E-state index contributed by atoms with van der Waals surface area (Å²) in [4.78, 5) is 24.4. The van der Waals surface area contributed by atoms with Gasteiger partial charge in [-0.05, 0) is 87.0 Å². The predicted molar refractivity (Wildman–Crippen MR) is 162 cm³/mol. The Morgan fingerprint density at radius 1 is 1.15 bits per heavy atom. The van der Waals surface area contributed by atoms with E-state index in [0.717, 1.165) is 44.6 Å². The van der Waals surface area contributed by atoms with Gasteiger partial charge in [-0.2, -0.15) is 5.06 Å². The van der Waals surface area contributed by atoms with Gasteiger partial charge in [0.1, 0.15) is 6.04 Å². The summed E-state index contributed by atoms with van der Waals surface area (Å²) in [5.41, 5.74) is 2.57. The molecule has 1 aliphatic heterocycles. The molecule has 232 valence electrons. The maximum atomic E-state index is 13.8. The third kappa shape index (κ3) is 7.51. The molecular formula is C33H56N4O4. The molecular weight excluding hydrogens is 516 g/mol. The highest BCUT2D eigenvalue weighted by Gasteiger charge is 2.57. The van der Waals surface area contributed by atoms with Crippen LogP contribution < -0.4 is 5.32 Å². The average molecular weight is 573 g/mol. The smallest absolute Gasteiger partial charge is 0.240 e. The minimum absolute atomic E-state index is 0.107. The zero-order chi connectivity index (χ0) is 30.1. The highest BCUT2D eigenvalue weighted by Crippen LogP contribution is 2.61. The van der Waals surface area contributed by atoms with Crippen LogP contribution in [-0.4, -0.2) is 89.2 Å². The van der Waals surface area contributed by atoms with Gasteiger partial charge < -0.3 is 20.4 Å². The van der Waals surface area contributed by atoms with Crippen molar-refractivity contribution in [3.63, 3.8) is 0 Å². The molecule has 5 rings (SSSR count). The summed E-state index contributed by atoms with van der Waals surface area (Å²) in [5, 5.41) is 26.3. The molecule has 1 saturated heterocycles. The SMILES string of the molecule is CC(C)CCN(CCN(C)C)Cc1cccc(CN2OC(O)[C@@H]([C@H](C)O)[C@H]2C(=O)N[C@H]2C[C@H]3C[C@@H]([C@@H]2C)C3(C)C)c1. The van der Waals surface area contributed by atoms with Crippen LogP contribution in [0.25, 0.3) is 0 Å². The fourth-order valence-corrected chi connectivity index (χ4v) is 7.49. The second-order valence-corrected chi connectivity index (χ2v) is 14.5. The number of likely N-dealkylation sites (N-methyl/N-ethyl adjacent to an activating group) is 1. The van der Waals surface area contributed by atoms with Crippen molar-refractivity contribution < 1.29 is 19.8 Å². The van der Waals surface area contributed by atoms with Crippen LogP contribution in [0.5, 0.6) is 0 Å². The van der Waals surface area contributed by atoms with Crippen LogP contribution in [0, 0.1) is 35.0 Å². The van der Waals surface area contributed by atoms with Gasteiger partial charge in [-0.25, -0.2) is 0 Å². The summed E-state index contributed by atoms with van der Waals surface area (Å²) in [6.07, 6.45) is 1.26. The molecule has 0 radical (unpaired) electrons. The first-order valence-corrected chi connectivity index (χ1v) is 15.8. The number of benzene rings is 1. The van der Waals surface area contributed by atoms with E-state index in [-0.39, 0.29) is 11.9 Å². The van der Waals surface area contributed by atoms with E-state index in [1.54, 1.807) is 12.0 Å². The molecule has 1 aromatic carbocycles. The number of rotatable bonds is 13. The number of hydrogen-bond acceptors (Lipinski definition) is 7. The maximum absolute atomic E-state index is 13.8. The van der Waals surface area contributed by atoms with E-state index in [9.17, 15) is 15.0 Å². The van der Waals surface area contributed by atoms with Gasteiger partial charge in [0.15, 0.2) is 6.29 Å². The number of amides is 1. The zero-order valence-corrected chi connectivity index (χ0v) is 26.7. The molecule has 0 spiro atoms. The number of hydrogen-bond donors (Lipinski definition) is 3. The van der Waals surface area contributed by atoms with Crippen LogP contribution >= 0.6 is 0 Å². The Morgan fingerprint density at radius 3 is 2.46 bits per heavy atom. The first-order valence-electron chi connectivity index (χ1n) is 15.8. The number of nitrogens with one attached hydrogen (secondary N) is 1. The summed E-state index contributed by atoms with van der Waals surface area (Å²) in [6, 6.07) is 7.77. The number of carbonyl (C=O) groups is 1. The Morgan fingerprint density at radius 2 is 1.85 bits per heavy atom. The van der Waals surface area contributed by atoms with Crippen molar-refractivity contribution in [2.45, 2.75) is 98.4 Å². The minimum Gasteiger partial charge on any atom is -0.393 e. The summed E-state index contributed by atoms with van der Waals surface area (Å²) in [7, 11) is 4.22. The van der Waals surface area contributed by atoms with Crippen LogP contribution in [0.15, 0.2) is 24.3 Å². The van der Waals surface area contributed by atoms with Crippen molar-refractivity contribution in [1.82, 2.24) is 20.2 Å². The monoisotopic (exact) mass is 572 g/mol. The largest absolute Gasteiger partial charge is 0.393 e. The number of fused-ring (bicyclic) bond motifs is 2. The van der Waals surface area contributed by atoms with E-state index < -0.39 is 24.4 Å². The maximum Gasteiger partial charge on any atom is 0.240 e. The number of carbonyl (C=O) groups excluding carboxylic acids is 1. The molecule has 8 atom stereocenters. The molecule has 1 aromatic rings. The summed E-state index contributed by atoms with van der Waals surface area (Å²) < 4.78 is 0. The number of aliphatic hydroxyl groups is 2. The topological polar surface area (TPSA) is 88.5 Å². The molecule has 2 bridgehead atoms. The van der Waals surface area contributed by atoms with Gasteiger partial charge in [-0.3, -0.25) is 14.5 Å². The van der Waals surface area contributed by atoms with Crippen molar-refractivity contribution in [2.24, 2.45) is 35.0 Å². The lowest BCUT2D eigenvalue weighted by atomic mass is 9.45. The van der Waals surface area contributed by atoms with Gasteiger partial charge in [-0.1, -0.05) is 58.9 Å². The van der Waals surface area contributed by atoms with Crippen molar-refractivity contribution in [3.8, 4) is 0 Å². The van der Waals surface area contributed by atoms with Crippen LogP contribution in [0.1, 0.15) is 71.9 Å². The molecule has 4 fully saturated rings. The van der Waals surface area contributed by atoms with E-state index in [1.807, 2.05) is 6.07 Å². The zero-order valence-electron chi connectivity index (χ0n) is 26.7. The quantitative estimate of drug-likeness (QED) is 0.332. The Labute approximate surface area is 248 Å². The molecule has 4 aliphatic rings. The Balaban J connectivity index is 1.45. The molecule has 8 heteroatoms. The van der Waals surface area contributed by atoms with E-state index in [4.69, 9.17) is 4.84 Å². The first kappa shape index (κ1) is 32.4. The summed E-state index contributed by atoms with van der Waals surface area (Å²) in [6.45, 7) is 17.4. The lowest BCUT2D eigenvalue weighted by molar-refractivity contribution is -0.231. The molecule has 3 N–H and O–H groups in total. The summed E-state index contributed by atoms with van der Waals surface area (Å²) in [5.74, 6) is 1.40. The van der Waals surface area contributed by atoms with Crippen LogP contribution in [0.3, 0.4) is 0 Å². The minimum atomic E-state index is -1.23. The van der Waals surface area contributed by atoms with Gasteiger partial charge in [0.05, 0.1) is 18.6 Å². The normalized spacial score (nSPS) is 32.0. The average Bonchev–Trinajstić information content (AvgIpc) is 3.22. The third-order valence-electron chi connectivity index (χ3n) is 10.4. The molecule has 0 aromatic heterocycles. The number of nitrogens with zero attached hydrogens (tertiary/aromatic N) is 3. The Kier molecular flexibility index (Phi) is 10.6. The third-order valence-corrected chi connectivity index (χ3v) is 10.4. The van der Waals surface area contributed by atoms with Crippen molar-refractivity contribution in [1.29, 1.82) is 0 Å². The fraction of sp³-hybridized carbons (Fsp3) is 0.788. The fourth-order valence-electron chi connectivity index (χ4n) is 7.49. The van der Waals surface area contributed by atoms with Crippen molar-refractivity contribution in [3.05, 3.63) is 35.4 Å². The van der Waals surface area contributed by atoms with E-state index in [1.165, 1.54) is 12.0 Å². The van der Waals surface area contributed by atoms with E-state index in [2.05, 4.69) is 82.0 Å². The van der Waals surface area contributed by atoms with Gasteiger partial charge in [0.25, 0.3) is 0 Å². The van der Waals surface area contributed by atoms with Crippen molar-refractivity contribution >= 4 is 5.91 Å². The first-order chi connectivity index (χ1) is 19.3. The van der Waals surface area contributed by atoms with Gasteiger partial charge in [0.2, 0.25) is 5.91 Å². The standard InChI is InChI=1S/C33H56N4O4/c1-21(2)12-13-36(15-14-35(7)8)19-24-10-9-11-25(16-24)20-37-30(29(23(4)38)32(40)41-37)31(39)34-28-18-26-17-27(22(28)3)33(26,5)6/h9-11,16,21-23,26-30,32,38,40H,12-15,17-20H2,1-8H3,(H,34,39)/t22-,23-,26+,27-,28-,29-,30-,32?/m0/s1. The van der Waals surface area contributed by atoms with Gasteiger partial charge in [0, 0.05) is 25.7 Å². The molecule has 3 saturated carbocycles. The molecule has 8 nitrogen and oxygen atoms in total. The second kappa shape index (κ2) is 13.4. The van der Waals surface area contributed by atoms with Crippen LogP contribution in [-0.2, 0) is 22.7 Å². The van der Waals surface area contributed by atoms with Gasteiger partial charge in [-0.15, -0.1) is 0 Å². The highest BCUT2D eigenvalue weighted by atomic mass is 16.8. The van der Waals surface area contributed by atoms with Crippen LogP contribution in [0.2, 0.25) is 0 Å². The summed E-state index contributed by atoms with van der Waals surface area (Å²) >= 11 is 0. The van der Waals surface area contributed by atoms with Crippen molar-refractivity contribution in [2.75, 3.05) is 33.7 Å². The molecule has 1 unspecified atom stereocenters. The Hall–Kier alpha value is -1.55. The van der Waals surface area contributed by atoms with Gasteiger partial charge >= 0.3 is 0 Å². The molecule has 1 amide bonds. The molecule has 3 aliphatic carbocycles. The predicted octanol–water partition coefficient (Wildman–Crippen LogP) is 3.71. The molecule has 1 heterocycles. The lowest BCUT2D eigenvalue weighted by Crippen LogP contribution is -2.62. The lowest BCUT2D eigenvalue weighted by Gasteiger charge is -2.62. The Bertz CT molecular complexity index is 1000. The second-order valence-electron chi connectivity index (χ2n) is 14.5. The molecule has 41 heavy (non-hydrogen) atoms. The van der Waals surface area contributed by atoms with E-state index >= 15 is 0 Å². The number of aliphatic hydroxyl groups excluding tert-OH is 2.